The molecular formula is C19H17Cl2NO4. The summed E-state index contributed by atoms with van der Waals surface area (Å²) in [5.41, 5.74) is 0.621. The van der Waals surface area contributed by atoms with E-state index in [1.165, 1.54) is 12.2 Å². The lowest BCUT2D eigenvalue weighted by atomic mass is 10.2. The summed E-state index contributed by atoms with van der Waals surface area (Å²) in [5, 5.41) is 3.51. The summed E-state index contributed by atoms with van der Waals surface area (Å²) in [7, 11) is 0. The number of carbonyl (C=O) groups excluding carboxylic acids is 2. The fourth-order valence-electron chi connectivity index (χ4n) is 1.91. The van der Waals surface area contributed by atoms with E-state index in [0.29, 0.717) is 28.8 Å². The lowest BCUT2D eigenvalue weighted by Gasteiger charge is -2.07. The molecule has 0 radical (unpaired) electrons. The molecule has 26 heavy (non-hydrogen) atoms. The first-order valence-corrected chi connectivity index (χ1v) is 8.54. The van der Waals surface area contributed by atoms with Gasteiger partial charge in [-0.3, -0.25) is 4.79 Å². The average molecular weight is 394 g/mol. The van der Waals surface area contributed by atoms with Crippen LogP contribution in [0.3, 0.4) is 0 Å². The number of para-hydroxylation sites is 1. The van der Waals surface area contributed by atoms with Gasteiger partial charge in [0.15, 0.2) is 6.61 Å². The predicted molar refractivity (Wildman–Crippen MR) is 101 cm³/mol. The van der Waals surface area contributed by atoms with Crippen LogP contribution in [0, 0.1) is 0 Å². The van der Waals surface area contributed by atoms with Crippen molar-refractivity contribution >= 4 is 41.2 Å². The van der Waals surface area contributed by atoms with Crippen LogP contribution in [0.4, 0.5) is 0 Å². The monoisotopic (exact) mass is 393 g/mol. The second kappa shape index (κ2) is 10.5. The third kappa shape index (κ3) is 7.17. The van der Waals surface area contributed by atoms with E-state index in [2.05, 4.69) is 5.32 Å². The second-order valence-corrected chi connectivity index (χ2v) is 5.96. The zero-order valence-corrected chi connectivity index (χ0v) is 15.3. The van der Waals surface area contributed by atoms with Gasteiger partial charge in [0.1, 0.15) is 12.4 Å². The molecule has 2 rings (SSSR count). The van der Waals surface area contributed by atoms with E-state index in [9.17, 15) is 9.59 Å². The van der Waals surface area contributed by atoms with Gasteiger partial charge in [-0.1, -0.05) is 47.5 Å². The highest BCUT2D eigenvalue weighted by Crippen LogP contribution is 2.21. The van der Waals surface area contributed by atoms with E-state index in [1.807, 2.05) is 30.3 Å². The quantitative estimate of drug-likeness (QED) is 0.421. The molecule has 2 aromatic rings. The van der Waals surface area contributed by atoms with E-state index >= 15 is 0 Å². The molecule has 0 aliphatic rings. The molecule has 0 unspecified atom stereocenters. The maximum Gasteiger partial charge on any atom is 0.331 e. The van der Waals surface area contributed by atoms with Crippen molar-refractivity contribution < 1.29 is 19.1 Å². The molecule has 5 nitrogen and oxygen atoms in total. The highest BCUT2D eigenvalue weighted by molar-refractivity contribution is 6.35. The van der Waals surface area contributed by atoms with E-state index < -0.39 is 11.9 Å². The normalized spacial score (nSPS) is 10.5. The Morgan fingerprint density at radius 1 is 1.08 bits per heavy atom. The number of rotatable bonds is 8. The van der Waals surface area contributed by atoms with Crippen LogP contribution in [0.25, 0.3) is 6.08 Å². The van der Waals surface area contributed by atoms with Crippen LogP contribution in [-0.4, -0.2) is 31.6 Å². The summed E-state index contributed by atoms with van der Waals surface area (Å²) >= 11 is 11.8. The Kier molecular flexibility index (Phi) is 7.99. The molecule has 7 heteroatoms. The van der Waals surface area contributed by atoms with Crippen molar-refractivity contribution in [2.75, 3.05) is 19.8 Å². The van der Waals surface area contributed by atoms with E-state index in [-0.39, 0.29) is 6.61 Å². The lowest BCUT2D eigenvalue weighted by Crippen LogP contribution is -2.31. The van der Waals surface area contributed by atoms with Gasteiger partial charge in [-0.2, -0.15) is 0 Å². The van der Waals surface area contributed by atoms with Gasteiger partial charge in [-0.15, -0.1) is 0 Å². The summed E-state index contributed by atoms with van der Waals surface area (Å²) in [6.07, 6.45) is 2.69. The minimum Gasteiger partial charge on any atom is -0.492 e. The minimum absolute atomic E-state index is 0.307. The van der Waals surface area contributed by atoms with Crippen LogP contribution in [0.1, 0.15) is 5.56 Å². The van der Waals surface area contributed by atoms with Gasteiger partial charge >= 0.3 is 5.97 Å². The summed E-state index contributed by atoms with van der Waals surface area (Å²) in [5.74, 6) is -0.334. The van der Waals surface area contributed by atoms with Gasteiger partial charge in [-0.25, -0.2) is 4.79 Å². The van der Waals surface area contributed by atoms with Crippen LogP contribution in [0.5, 0.6) is 5.75 Å². The van der Waals surface area contributed by atoms with Crippen LogP contribution >= 0.6 is 23.2 Å². The molecule has 0 saturated carbocycles. The number of ether oxygens (including phenoxy) is 2. The van der Waals surface area contributed by atoms with Gasteiger partial charge in [0, 0.05) is 16.1 Å². The number of amides is 1. The molecule has 136 valence electrons. The molecule has 0 aliphatic carbocycles. The van der Waals surface area contributed by atoms with Crippen molar-refractivity contribution in [2.24, 2.45) is 0 Å². The molecule has 0 aliphatic heterocycles. The Labute approximate surface area is 161 Å². The molecule has 1 N–H and O–H groups in total. The Balaban J connectivity index is 1.65. The van der Waals surface area contributed by atoms with Crippen molar-refractivity contribution in [1.82, 2.24) is 5.32 Å². The second-order valence-electron chi connectivity index (χ2n) is 5.12. The third-order valence-corrected chi connectivity index (χ3v) is 3.71. The zero-order valence-electron chi connectivity index (χ0n) is 13.8. The van der Waals surface area contributed by atoms with E-state index in [1.54, 1.807) is 18.2 Å². The maximum absolute atomic E-state index is 11.6. The van der Waals surface area contributed by atoms with Gasteiger partial charge in [-0.05, 0) is 35.9 Å². The Morgan fingerprint density at radius 3 is 2.58 bits per heavy atom. The van der Waals surface area contributed by atoms with E-state index in [0.717, 1.165) is 5.75 Å². The standard InChI is InChI=1S/C19H17Cl2NO4/c20-15-8-6-14(17(21)12-15)7-9-19(24)26-13-18(23)22-10-11-25-16-4-2-1-3-5-16/h1-9,12H,10-11,13H2,(H,22,23)/b9-7+. The number of carbonyl (C=O) groups is 2. The SMILES string of the molecule is O=C(COC(=O)/C=C/c1ccc(Cl)cc1Cl)NCCOc1ccccc1. The van der Waals surface area contributed by atoms with Gasteiger partial charge in [0.05, 0.1) is 6.54 Å². The third-order valence-electron chi connectivity index (χ3n) is 3.14. The molecular weight excluding hydrogens is 377 g/mol. The Morgan fingerprint density at radius 2 is 1.85 bits per heavy atom. The molecule has 0 spiro atoms. The molecule has 0 fully saturated rings. The maximum atomic E-state index is 11.6. The zero-order chi connectivity index (χ0) is 18.8. The molecule has 0 atom stereocenters. The average Bonchev–Trinajstić information content (AvgIpc) is 2.63. The molecule has 0 aromatic heterocycles. The Hall–Kier alpha value is -2.50. The number of hydrogen-bond acceptors (Lipinski definition) is 4. The van der Waals surface area contributed by atoms with Gasteiger partial charge in [0.25, 0.3) is 5.91 Å². The topological polar surface area (TPSA) is 64.6 Å². The number of benzene rings is 2. The first-order valence-electron chi connectivity index (χ1n) is 7.79. The smallest absolute Gasteiger partial charge is 0.331 e. The first-order chi connectivity index (χ1) is 12.5. The van der Waals surface area contributed by atoms with Crippen molar-refractivity contribution in [1.29, 1.82) is 0 Å². The number of hydrogen-bond donors (Lipinski definition) is 1. The summed E-state index contributed by atoms with van der Waals surface area (Å²) in [4.78, 5) is 23.3. The Bertz CT molecular complexity index is 778. The number of halogens is 2. The summed E-state index contributed by atoms with van der Waals surface area (Å²) in [6.45, 7) is 0.253. The molecule has 0 heterocycles. The van der Waals surface area contributed by atoms with Crippen molar-refractivity contribution in [3.05, 3.63) is 70.2 Å². The predicted octanol–water partition coefficient (Wildman–Crippen LogP) is 3.75. The number of esters is 1. The summed E-state index contributed by atoms with van der Waals surface area (Å²) < 4.78 is 10.3. The largest absolute Gasteiger partial charge is 0.492 e. The van der Waals surface area contributed by atoms with Crippen molar-refractivity contribution in [2.45, 2.75) is 0 Å². The van der Waals surface area contributed by atoms with Crippen LogP contribution < -0.4 is 10.1 Å². The van der Waals surface area contributed by atoms with Crippen molar-refractivity contribution in [3.8, 4) is 5.75 Å². The van der Waals surface area contributed by atoms with Crippen LogP contribution in [0.2, 0.25) is 10.0 Å². The highest BCUT2D eigenvalue weighted by atomic mass is 35.5. The lowest BCUT2D eigenvalue weighted by molar-refractivity contribution is -0.143. The minimum atomic E-state index is -0.647. The first kappa shape index (κ1) is 19.8. The molecule has 0 saturated heterocycles. The fourth-order valence-corrected chi connectivity index (χ4v) is 2.38. The van der Waals surface area contributed by atoms with Gasteiger partial charge in [0.2, 0.25) is 0 Å². The molecule has 1 amide bonds. The van der Waals surface area contributed by atoms with Crippen LogP contribution in [-0.2, 0) is 14.3 Å². The van der Waals surface area contributed by atoms with Crippen LogP contribution in [0.15, 0.2) is 54.6 Å². The highest BCUT2D eigenvalue weighted by Gasteiger charge is 2.05. The van der Waals surface area contributed by atoms with E-state index in [4.69, 9.17) is 32.7 Å². The molecule has 0 bridgehead atoms. The fraction of sp³-hybridized carbons (Fsp3) is 0.158. The van der Waals surface area contributed by atoms with Crippen molar-refractivity contribution in [3.63, 3.8) is 0 Å². The summed E-state index contributed by atoms with van der Waals surface area (Å²) in [6, 6.07) is 14.1. The van der Waals surface area contributed by atoms with Gasteiger partial charge < -0.3 is 14.8 Å². The number of nitrogens with one attached hydrogen (secondary N) is 1. The molecule has 2 aromatic carbocycles.